The van der Waals surface area contributed by atoms with Crippen LogP contribution >= 0.6 is 22.7 Å². The number of benzene rings is 7. The molecule has 0 atom stereocenters. The molecule has 0 amide bonds. The lowest BCUT2D eigenvalue weighted by molar-refractivity contribution is 1.26. The van der Waals surface area contributed by atoms with E-state index in [1.807, 2.05) is 22.7 Å². The van der Waals surface area contributed by atoms with Crippen LogP contribution in [-0.2, 0) is 0 Å². The van der Waals surface area contributed by atoms with Gasteiger partial charge in [-0.05, 0) is 71.0 Å². The van der Waals surface area contributed by atoms with Gasteiger partial charge < -0.3 is 9.80 Å². The first-order valence-corrected chi connectivity index (χ1v) is 17.7. The van der Waals surface area contributed by atoms with Crippen LogP contribution in [0.2, 0.25) is 0 Å². The predicted molar refractivity (Wildman–Crippen MR) is 206 cm³/mol. The summed E-state index contributed by atoms with van der Waals surface area (Å²) >= 11 is 3.77. The summed E-state index contributed by atoms with van der Waals surface area (Å²) in [6, 6.07) is 56.3. The van der Waals surface area contributed by atoms with E-state index >= 15 is 0 Å². The Bertz CT molecular complexity index is 2740. The average molecular weight is 633 g/mol. The highest BCUT2D eigenvalue weighted by molar-refractivity contribution is 7.26. The molecule has 9 aromatic rings. The number of hydrogen-bond donors (Lipinski definition) is 0. The molecule has 47 heavy (non-hydrogen) atoms. The molecule has 2 nitrogen and oxygen atoms in total. The molecule has 4 heterocycles. The molecule has 218 valence electrons. The second-order valence-electron chi connectivity index (χ2n) is 12.5. The number of thiophene rings is 2. The lowest BCUT2D eigenvalue weighted by Crippen LogP contribution is -2.61. The third-order valence-electron chi connectivity index (χ3n) is 10.1. The zero-order valence-corrected chi connectivity index (χ0v) is 26.9. The fourth-order valence-corrected chi connectivity index (χ4v) is 10.5. The summed E-state index contributed by atoms with van der Waals surface area (Å²) in [5, 5.41) is 5.29. The fourth-order valence-electron chi connectivity index (χ4n) is 8.14. The normalized spacial score (nSPS) is 13.4. The zero-order chi connectivity index (χ0) is 30.6. The van der Waals surface area contributed by atoms with Gasteiger partial charge in [-0.15, -0.1) is 22.7 Å². The Morgan fingerprint density at radius 1 is 0.383 bits per heavy atom. The van der Waals surface area contributed by atoms with Gasteiger partial charge in [0.1, 0.15) is 0 Å². The molecule has 7 aromatic carbocycles. The Kier molecular flexibility index (Phi) is 5.26. The van der Waals surface area contributed by atoms with Crippen LogP contribution in [0.5, 0.6) is 0 Å². The van der Waals surface area contributed by atoms with Crippen LogP contribution in [0.1, 0.15) is 0 Å². The molecule has 0 radical (unpaired) electrons. The topological polar surface area (TPSA) is 6.48 Å². The monoisotopic (exact) mass is 632 g/mol. The van der Waals surface area contributed by atoms with E-state index in [1.54, 1.807) is 0 Å². The predicted octanol–water partition coefficient (Wildman–Crippen LogP) is 10.5. The Morgan fingerprint density at radius 3 is 1.70 bits per heavy atom. The number of nitrogens with zero attached hydrogens (tertiary/aromatic N) is 2. The maximum Gasteiger partial charge on any atom is 0.252 e. The molecule has 0 aliphatic carbocycles. The molecule has 0 saturated heterocycles. The molecule has 0 saturated carbocycles. The minimum Gasteiger partial charge on any atom is -0.311 e. The van der Waals surface area contributed by atoms with Gasteiger partial charge in [0, 0.05) is 64.1 Å². The molecule has 0 spiro atoms. The molecule has 0 bridgehead atoms. The first kappa shape index (κ1) is 25.8. The van der Waals surface area contributed by atoms with E-state index in [4.69, 9.17) is 0 Å². The van der Waals surface area contributed by atoms with E-state index in [0.29, 0.717) is 0 Å². The molecule has 5 heteroatoms. The van der Waals surface area contributed by atoms with Crippen molar-refractivity contribution in [3.05, 3.63) is 152 Å². The van der Waals surface area contributed by atoms with Crippen molar-refractivity contribution < 1.29 is 0 Å². The van der Waals surface area contributed by atoms with Crippen molar-refractivity contribution in [3.8, 4) is 0 Å². The SMILES string of the molecule is c1ccc2c(c1)B1c3ccccc3N(c3cccc4c3sc3ccccc34)c3cccc(c31)N2c1ccc2c(c1)sc1ccccc12. The Hall–Kier alpha value is -5.36. The number of para-hydroxylation sites is 2. The number of anilines is 6. The van der Waals surface area contributed by atoms with E-state index in [0.717, 1.165) is 0 Å². The maximum absolute atomic E-state index is 2.53. The summed E-state index contributed by atoms with van der Waals surface area (Å²) in [5.74, 6) is 0. The van der Waals surface area contributed by atoms with Gasteiger partial charge in [0.2, 0.25) is 0 Å². The van der Waals surface area contributed by atoms with Crippen molar-refractivity contribution >= 4 is 120 Å². The summed E-state index contributed by atoms with van der Waals surface area (Å²) < 4.78 is 5.29. The largest absolute Gasteiger partial charge is 0.311 e. The summed E-state index contributed by atoms with van der Waals surface area (Å²) in [7, 11) is 0. The Balaban J connectivity index is 1.20. The van der Waals surface area contributed by atoms with E-state index in [1.165, 1.54) is 90.9 Å². The van der Waals surface area contributed by atoms with Crippen LogP contribution in [0.25, 0.3) is 40.3 Å². The third-order valence-corrected chi connectivity index (χ3v) is 12.4. The van der Waals surface area contributed by atoms with Crippen LogP contribution in [0, 0.1) is 0 Å². The van der Waals surface area contributed by atoms with Gasteiger partial charge >= 0.3 is 0 Å². The molecule has 11 rings (SSSR count). The molecule has 0 N–H and O–H groups in total. The number of hydrogen-bond acceptors (Lipinski definition) is 4. The highest BCUT2D eigenvalue weighted by Gasteiger charge is 2.43. The summed E-state index contributed by atoms with van der Waals surface area (Å²) in [5.41, 5.74) is 11.5. The van der Waals surface area contributed by atoms with Gasteiger partial charge in [0.25, 0.3) is 6.71 Å². The lowest BCUT2D eigenvalue weighted by atomic mass is 9.33. The first-order valence-electron chi connectivity index (χ1n) is 16.1. The van der Waals surface area contributed by atoms with Crippen LogP contribution < -0.4 is 26.2 Å². The zero-order valence-electron chi connectivity index (χ0n) is 25.2. The third kappa shape index (κ3) is 3.50. The van der Waals surface area contributed by atoms with Crippen LogP contribution in [0.3, 0.4) is 0 Å². The standard InChI is InChI=1S/C42H25BN2S2/c1-7-21-38-27(11-1)29-24-23-26(25-40(29)46-38)44-33-16-5-3-14-31(33)43-32-15-4-6-17-34(32)45(36-19-10-18-35(44)41(36)43)37-20-9-13-30-28-12-2-8-22-39(28)47-42(30)37/h1-25H. The van der Waals surface area contributed by atoms with E-state index in [-0.39, 0.29) is 6.71 Å². The number of rotatable bonds is 2. The maximum atomic E-state index is 2.53. The van der Waals surface area contributed by atoms with Gasteiger partial charge in [-0.2, -0.15) is 0 Å². The second kappa shape index (κ2) is 9.58. The first-order chi connectivity index (χ1) is 23.3. The van der Waals surface area contributed by atoms with E-state index in [2.05, 4.69) is 161 Å². The van der Waals surface area contributed by atoms with E-state index < -0.39 is 0 Å². The quantitative estimate of drug-likeness (QED) is 0.175. The minimum absolute atomic E-state index is 0.135. The highest BCUT2D eigenvalue weighted by atomic mass is 32.1. The van der Waals surface area contributed by atoms with Gasteiger partial charge in [-0.1, -0.05) is 97.1 Å². The molecule has 2 aliphatic rings. The molecule has 0 fully saturated rings. The summed E-state index contributed by atoms with van der Waals surface area (Å²) in [6.07, 6.45) is 0. The fraction of sp³-hybridized carbons (Fsp3) is 0. The molecule has 2 aromatic heterocycles. The minimum atomic E-state index is 0.135. The summed E-state index contributed by atoms with van der Waals surface area (Å²) in [6.45, 7) is 0.135. The van der Waals surface area contributed by atoms with Crippen LogP contribution in [0.4, 0.5) is 34.1 Å². The number of fused-ring (bicyclic) bond motifs is 10. The van der Waals surface area contributed by atoms with Gasteiger partial charge in [0.15, 0.2) is 0 Å². The van der Waals surface area contributed by atoms with Crippen molar-refractivity contribution in [2.45, 2.75) is 0 Å². The lowest BCUT2D eigenvalue weighted by Gasteiger charge is -2.44. The van der Waals surface area contributed by atoms with Crippen molar-refractivity contribution in [1.29, 1.82) is 0 Å². The van der Waals surface area contributed by atoms with E-state index in [9.17, 15) is 0 Å². The van der Waals surface area contributed by atoms with Crippen molar-refractivity contribution in [2.75, 3.05) is 9.80 Å². The van der Waals surface area contributed by atoms with Crippen LogP contribution in [-0.4, -0.2) is 6.71 Å². The molecule has 2 aliphatic heterocycles. The van der Waals surface area contributed by atoms with Crippen molar-refractivity contribution in [2.24, 2.45) is 0 Å². The molecule has 0 unspecified atom stereocenters. The average Bonchev–Trinajstić information content (AvgIpc) is 3.70. The Labute approximate surface area is 280 Å². The van der Waals surface area contributed by atoms with Crippen molar-refractivity contribution in [1.82, 2.24) is 0 Å². The van der Waals surface area contributed by atoms with Crippen molar-refractivity contribution in [3.63, 3.8) is 0 Å². The molecular formula is C42H25BN2S2. The van der Waals surface area contributed by atoms with Crippen LogP contribution in [0.15, 0.2) is 152 Å². The van der Waals surface area contributed by atoms with Gasteiger partial charge in [-0.25, -0.2) is 0 Å². The van der Waals surface area contributed by atoms with Gasteiger partial charge in [-0.3, -0.25) is 0 Å². The highest BCUT2D eigenvalue weighted by Crippen LogP contribution is 2.48. The van der Waals surface area contributed by atoms with Gasteiger partial charge in [0.05, 0.1) is 10.4 Å². The molecular weight excluding hydrogens is 607 g/mol. The Morgan fingerprint density at radius 2 is 0.915 bits per heavy atom. The second-order valence-corrected chi connectivity index (χ2v) is 14.6. The summed E-state index contributed by atoms with van der Waals surface area (Å²) in [4.78, 5) is 5.03. The smallest absolute Gasteiger partial charge is 0.252 e.